The van der Waals surface area contributed by atoms with Gasteiger partial charge < -0.3 is 14.5 Å². The third-order valence-corrected chi connectivity index (χ3v) is 8.60. The zero-order valence-electron chi connectivity index (χ0n) is 20.3. The number of aryl methyl sites for hydroxylation is 1. The van der Waals surface area contributed by atoms with Crippen molar-refractivity contribution in [2.24, 2.45) is 10.3 Å². The van der Waals surface area contributed by atoms with E-state index in [9.17, 15) is 13.2 Å². The van der Waals surface area contributed by atoms with Gasteiger partial charge in [0.1, 0.15) is 10.6 Å². The van der Waals surface area contributed by atoms with E-state index in [2.05, 4.69) is 28.4 Å². The third kappa shape index (κ3) is 4.79. The molecule has 0 unspecified atom stereocenters. The van der Waals surface area contributed by atoms with Gasteiger partial charge in [-0.05, 0) is 38.0 Å². The van der Waals surface area contributed by atoms with Gasteiger partial charge in [0.05, 0.1) is 7.11 Å². The number of likely N-dealkylation sites (tertiary alicyclic amines) is 1. The number of methoxy groups -OCH3 is 1. The van der Waals surface area contributed by atoms with Crippen LogP contribution in [0.1, 0.15) is 29.5 Å². The lowest BCUT2D eigenvalue weighted by atomic mass is 9.94. The minimum Gasteiger partial charge on any atom is -0.496 e. The van der Waals surface area contributed by atoms with Crippen LogP contribution in [0.15, 0.2) is 51.8 Å². The number of fused-ring (bicyclic) bond motifs is 1. The number of benzene rings is 2. The van der Waals surface area contributed by atoms with Crippen LogP contribution in [-0.2, 0) is 21.4 Å². The Bertz CT molecular complexity index is 1240. The van der Waals surface area contributed by atoms with Gasteiger partial charge in [0.15, 0.2) is 5.84 Å². The number of amidine groups is 1. The van der Waals surface area contributed by atoms with Crippen LogP contribution in [0.2, 0.25) is 0 Å². The van der Waals surface area contributed by atoms with E-state index in [-0.39, 0.29) is 16.7 Å². The summed E-state index contributed by atoms with van der Waals surface area (Å²) in [4.78, 5) is 19.9. The first-order valence-corrected chi connectivity index (χ1v) is 13.6. The van der Waals surface area contributed by atoms with Crippen molar-refractivity contribution in [1.82, 2.24) is 14.7 Å². The number of ether oxygens (including phenoxy) is 1. The fourth-order valence-electron chi connectivity index (χ4n) is 5.31. The van der Waals surface area contributed by atoms with Crippen molar-refractivity contribution in [2.75, 3.05) is 46.4 Å². The van der Waals surface area contributed by atoms with Crippen LogP contribution in [0, 0.1) is 12.8 Å². The molecule has 1 amide bonds. The molecular weight excluding hydrogens is 464 g/mol. The van der Waals surface area contributed by atoms with Crippen molar-refractivity contribution >= 4 is 21.8 Å². The van der Waals surface area contributed by atoms with Gasteiger partial charge in [-0.1, -0.05) is 29.8 Å². The second kappa shape index (κ2) is 9.62. The van der Waals surface area contributed by atoms with Crippen molar-refractivity contribution in [1.29, 1.82) is 0 Å². The number of carbonyl (C=O) groups is 1. The van der Waals surface area contributed by atoms with E-state index >= 15 is 0 Å². The lowest BCUT2D eigenvalue weighted by molar-refractivity contribution is -0.138. The molecule has 0 spiro atoms. The molecule has 0 atom stereocenters. The number of piperazine rings is 1. The van der Waals surface area contributed by atoms with Gasteiger partial charge >= 0.3 is 0 Å². The molecule has 2 fully saturated rings. The van der Waals surface area contributed by atoms with Crippen LogP contribution < -0.4 is 4.74 Å². The van der Waals surface area contributed by atoms with E-state index in [0.29, 0.717) is 37.3 Å². The largest absolute Gasteiger partial charge is 0.496 e. The number of carbonyl (C=O) groups excluding carboxylic acids is 1. The Morgan fingerprint density at radius 3 is 2.46 bits per heavy atom. The highest BCUT2D eigenvalue weighted by Gasteiger charge is 2.36. The van der Waals surface area contributed by atoms with Gasteiger partial charge in [0.25, 0.3) is 10.0 Å². The Morgan fingerprint density at radius 2 is 1.74 bits per heavy atom. The van der Waals surface area contributed by atoms with Crippen LogP contribution in [0.3, 0.4) is 0 Å². The molecule has 0 bridgehead atoms. The summed E-state index contributed by atoms with van der Waals surface area (Å²) < 4.78 is 34.3. The topological polar surface area (TPSA) is 82.5 Å². The third-order valence-electron chi connectivity index (χ3n) is 7.27. The zero-order chi connectivity index (χ0) is 24.6. The smallest absolute Gasteiger partial charge is 0.285 e. The molecule has 0 N–H and O–H groups in total. The Kier molecular flexibility index (Phi) is 6.55. The first-order valence-electron chi connectivity index (χ1n) is 12.2. The number of nitrogens with zero attached hydrogens (tertiary/aromatic N) is 4. The van der Waals surface area contributed by atoms with Crippen LogP contribution in [-0.4, -0.2) is 81.2 Å². The maximum atomic E-state index is 13.2. The van der Waals surface area contributed by atoms with Gasteiger partial charge in [0.2, 0.25) is 5.91 Å². The quantitative estimate of drug-likeness (QED) is 0.647. The summed E-state index contributed by atoms with van der Waals surface area (Å²) in [5.74, 6) is 1.62. The molecule has 9 heteroatoms. The van der Waals surface area contributed by atoms with Gasteiger partial charge in [0, 0.05) is 62.9 Å². The number of sulfonamides is 1. The molecular formula is C26H32N4O4S. The molecule has 0 aromatic heterocycles. The van der Waals surface area contributed by atoms with Crippen LogP contribution in [0.4, 0.5) is 0 Å². The molecule has 0 radical (unpaired) electrons. The lowest BCUT2D eigenvalue weighted by Crippen LogP contribution is -2.51. The highest BCUT2D eigenvalue weighted by atomic mass is 32.2. The first-order chi connectivity index (χ1) is 16.9. The summed E-state index contributed by atoms with van der Waals surface area (Å²) in [5.41, 5.74) is 3.06. The van der Waals surface area contributed by atoms with Gasteiger partial charge in [-0.2, -0.15) is 8.42 Å². The van der Waals surface area contributed by atoms with Crippen molar-refractivity contribution in [2.45, 2.75) is 31.2 Å². The fourth-order valence-corrected chi connectivity index (χ4v) is 6.54. The summed E-state index contributed by atoms with van der Waals surface area (Å²) in [6.45, 7) is 7.30. The van der Waals surface area contributed by atoms with Crippen molar-refractivity contribution in [3.63, 3.8) is 0 Å². The van der Waals surface area contributed by atoms with Crippen molar-refractivity contribution < 1.29 is 17.9 Å². The van der Waals surface area contributed by atoms with Crippen molar-refractivity contribution in [3.05, 3.63) is 59.2 Å². The standard InChI is InChI=1S/C26H32N4O4S/c1-19-7-8-23(34-2)21(17-19)18-28-13-15-30(16-14-28)26(31)20-9-11-29(12-10-20)25-22-5-3-4-6-24(22)35(32,33)27-25/h3-8,17,20H,9-16,18H2,1-2H3. The summed E-state index contributed by atoms with van der Waals surface area (Å²) in [6, 6.07) is 13.2. The maximum Gasteiger partial charge on any atom is 0.285 e. The van der Waals surface area contributed by atoms with E-state index in [1.165, 1.54) is 11.1 Å². The molecule has 186 valence electrons. The van der Waals surface area contributed by atoms with Crippen molar-refractivity contribution in [3.8, 4) is 5.75 Å². The number of amides is 1. The van der Waals surface area contributed by atoms with Gasteiger partial charge in [-0.15, -0.1) is 4.40 Å². The van der Waals surface area contributed by atoms with Gasteiger partial charge in [-0.25, -0.2) is 0 Å². The molecule has 2 aromatic carbocycles. The van der Waals surface area contributed by atoms with E-state index < -0.39 is 10.0 Å². The second-order valence-electron chi connectivity index (χ2n) is 9.56. The molecule has 2 aromatic rings. The Labute approximate surface area is 207 Å². The summed E-state index contributed by atoms with van der Waals surface area (Å²) in [5, 5.41) is 0. The molecule has 5 rings (SSSR count). The Balaban J connectivity index is 1.15. The Hall–Kier alpha value is -2.91. The molecule has 3 aliphatic rings. The monoisotopic (exact) mass is 496 g/mol. The van der Waals surface area contributed by atoms with Gasteiger partial charge in [-0.3, -0.25) is 9.69 Å². The minimum atomic E-state index is -3.63. The van der Waals surface area contributed by atoms with E-state index in [1.54, 1.807) is 19.2 Å². The summed E-state index contributed by atoms with van der Waals surface area (Å²) >= 11 is 0. The van der Waals surface area contributed by atoms with Crippen LogP contribution >= 0.6 is 0 Å². The number of hydrogen-bond acceptors (Lipinski definition) is 6. The second-order valence-corrected chi connectivity index (χ2v) is 11.1. The number of piperidine rings is 1. The average Bonchev–Trinajstić information content (AvgIpc) is 3.15. The summed E-state index contributed by atoms with van der Waals surface area (Å²) in [7, 11) is -1.93. The predicted octanol–water partition coefficient (Wildman–Crippen LogP) is 2.51. The zero-order valence-corrected chi connectivity index (χ0v) is 21.1. The molecule has 3 aliphatic heterocycles. The van der Waals surface area contributed by atoms with E-state index in [1.807, 2.05) is 28.0 Å². The first kappa shape index (κ1) is 23.8. The number of rotatable bonds is 4. The molecule has 0 saturated carbocycles. The maximum absolute atomic E-state index is 13.2. The molecule has 3 heterocycles. The molecule has 8 nitrogen and oxygen atoms in total. The highest BCUT2D eigenvalue weighted by Crippen LogP contribution is 2.30. The fraction of sp³-hybridized carbons (Fsp3) is 0.462. The molecule has 0 aliphatic carbocycles. The SMILES string of the molecule is COc1ccc(C)cc1CN1CCN(C(=O)C2CCN(C3=NS(=O)(=O)c4ccccc43)CC2)CC1. The van der Waals surface area contributed by atoms with Crippen LogP contribution in [0.25, 0.3) is 0 Å². The van der Waals surface area contributed by atoms with E-state index in [0.717, 1.165) is 38.5 Å². The summed E-state index contributed by atoms with van der Waals surface area (Å²) in [6.07, 6.45) is 1.42. The average molecular weight is 497 g/mol. The highest BCUT2D eigenvalue weighted by molar-refractivity contribution is 7.90. The predicted molar refractivity (Wildman–Crippen MR) is 134 cm³/mol. The molecule has 35 heavy (non-hydrogen) atoms. The number of hydrogen-bond donors (Lipinski definition) is 0. The molecule has 2 saturated heterocycles. The van der Waals surface area contributed by atoms with E-state index in [4.69, 9.17) is 4.74 Å². The Morgan fingerprint density at radius 1 is 1.03 bits per heavy atom. The van der Waals surface area contributed by atoms with Crippen LogP contribution in [0.5, 0.6) is 5.75 Å². The normalized spacial score (nSPS) is 20.5. The lowest BCUT2D eigenvalue weighted by Gasteiger charge is -2.39. The minimum absolute atomic E-state index is 0.0245.